The molecule has 0 fully saturated rings. The Bertz CT molecular complexity index is 794. The Morgan fingerprint density at radius 1 is 0.880 bits per heavy atom. The van der Waals surface area contributed by atoms with Crippen LogP contribution in [-0.2, 0) is 14.3 Å². The third-order valence-corrected chi connectivity index (χ3v) is 5.43. The van der Waals surface area contributed by atoms with Crippen LogP contribution < -0.4 is 5.11 Å². The molecule has 3 aliphatic rings. The van der Waals surface area contributed by atoms with Crippen molar-refractivity contribution in [2.24, 2.45) is 11.8 Å². The maximum absolute atomic E-state index is 12.8. The SMILES string of the molecule is CCCOC(=O)[C@H]1C2c3ccccc3C(c3ccccc32)[C@@H]1C(=O)[O-]. The van der Waals surface area contributed by atoms with E-state index in [1.807, 2.05) is 55.5 Å². The quantitative estimate of drug-likeness (QED) is 0.804. The minimum Gasteiger partial charge on any atom is -0.550 e. The maximum atomic E-state index is 12.8. The average Bonchev–Trinajstić information content (AvgIpc) is 2.65. The van der Waals surface area contributed by atoms with Gasteiger partial charge >= 0.3 is 5.97 Å². The minimum absolute atomic E-state index is 0.301. The van der Waals surface area contributed by atoms with E-state index in [1.54, 1.807) is 0 Å². The molecule has 4 heteroatoms. The largest absolute Gasteiger partial charge is 0.550 e. The van der Waals surface area contributed by atoms with Gasteiger partial charge in [-0.25, -0.2) is 0 Å². The smallest absolute Gasteiger partial charge is 0.310 e. The number of rotatable bonds is 4. The van der Waals surface area contributed by atoms with Gasteiger partial charge in [-0.05, 0) is 28.7 Å². The number of esters is 1. The summed E-state index contributed by atoms with van der Waals surface area (Å²) < 4.78 is 5.36. The van der Waals surface area contributed by atoms with E-state index < -0.39 is 23.8 Å². The molecule has 0 saturated carbocycles. The van der Waals surface area contributed by atoms with Crippen LogP contribution in [0.4, 0.5) is 0 Å². The van der Waals surface area contributed by atoms with Gasteiger partial charge in [0.25, 0.3) is 0 Å². The predicted octanol–water partition coefficient (Wildman–Crippen LogP) is 2.21. The van der Waals surface area contributed by atoms with E-state index in [0.717, 1.165) is 22.3 Å². The van der Waals surface area contributed by atoms with Crippen LogP contribution in [0.5, 0.6) is 0 Å². The zero-order chi connectivity index (χ0) is 17.6. The summed E-state index contributed by atoms with van der Waals surface area (Å²) in [5.74, 6) is -3.94. The maximum Gasteiger partial charge on any atom is 0.310 e. The molecule has 0 aromatic heterocycles. The number of fused-ring (bicyclic) bond motifs is 1. The van der Waals surface area contributed by atoms with Gasteiger partial charge in [0.05, 0.1) is 12.5 Å². The number of carbonyl (C=O) groups excluding carboxylic acids is 2. The summed E-state index contributed by atoms with van der Waals surface area (Å²) >= 11 is 0. The number of ether oxygens (including phenoxy) is 1. The molecule has 0 unspecified atom stereocenters. The van der Waals surface area contributed by atoms with Gasteiger partial charge in [0.2, 0.25) is 0 Å². The van der Waals surface area contributed by atoms with Crippen molar-refractivity contribution in [1.29, 1.82) is 0 Å². The zero-order valence-electron chi connectivity index (χ0n) is 14.0. The van der Waals surface area contributed by atoms with Crippen molar-refractivity contribution in [3.8, 4) is 0 Å². The lowest BCUT2D eigenvalue weighted by Crippen LogP contribution is -2.51. The monoisotopic (exact) mass is 335 g/mol. The average molecular weight is 335 g/mol. The second kappa shape index (κ2) is 6.03. The Balaban J connectivity index is 1.92. The summed E-state index contributed by atoms with van der Waals surface area (Å²) in [6.07, 6.45) is 0.704. The van der Waals surface area contributed by atoms with E-state index in [2.05, 4.69) is 0 Å². The normalized spacial score (nSPS) is 25.8. The highest BCUT2D eigenvalue weighted by molar-refractivity contribution is 5.86. The van der Waals surface area contributed by atoms with Crippen LogP contribution in [0.1, 0.15) is 47.4 Å². The molecule has 0 radical (unpaired) electrons. The Morgan fingerprint density at radius 2 is 1.32 bits per heavy atom. The van der Waals surface area contributed by atoms with Crippen LogP contribution in [0.2, 0.25) is 0 Å². The van der Waals surface area contributed by atoms with Crippen LogP contribution in [0.3, 0.4) is 0 Å². The molecule has 0 amide bonds. The third kappa shape index (κ3) is 2.28. The molecule has 2 aromatic rings. The first-order chi connectivity index (χ1) is 12.1. The summed E-state index contributed by atoms with van der Waals surface area (Å²) in [6, 6.07) is 15.6. The predicted molar refractivity (Wildman–Crippen MR) is 89.8 cm³/mol. The summed E-state index contributed by atoms with van der Waals surface area (Å²) in [6.45, 7) is 2.22. The molecule has 128 valence electrons. The van der Waals surface area contributed by atoms with Crippen molar-refractivity contribution in [2.75, 3.05) is 6.61 Å². The minimum atomic E-state index is -1.18. The topological polar surface area (TPSA) is 66.4 Å². The first-order valence-corrected chi connectivity index (χ1v) is 8.70. The first-order valence-electron chi connectivity index (χ1n) is 8.70. The molecule has 4 nitrogen and oxygen atoms in total. The highest BCUT2D eigenvalue weighted by Gasteiger charge is 2.53. The Labute approximate surface area is 146 Å². The van der Waals surface area contributed by atoms with Crippen molar-refractivity contribution in [1.82, 2.24) is 0 Å². The number of carbonyl (C=O) groups is 2. The summed E-state index contributed by atoms with van der Waals surface area (Å²) in [7, 11) is 0. The van der Waals surface area contributed by atoms with E-state index >= 15 is 0 Å². The van der Waals surface area contributed by atoms with Crippen LogP contribution in [0.25, 0.3) is 0 Å². The third-order valence-electron chi connectivity index (χ3n) is 5.43. The number of aliphatic carboxylic acids is 1. The highest BCUT2D eigenvalue weighted by atomic mass is 16.5. The zero-order valence-corrected chi connectivity index (χ0v) is 14.0. The van der Waals surface area contributed by atoms with Crippen molar-refractivity contribution in [3.63, 3.8) is 0 Å². The Kier molecular flexibility index (Phi) is 3.83. The molecule has 0 spiro atoms. The second-order valence-corrected chi connectivity index (χ2v) is 6.75. The fraction of sp³-hybridized carbons (Fsp3) is 0.333. The molecular weight excluding hydrogens is 316 g/mol. The first kappa shape index (κ1) is 15.9. The van der Waals surface area contributed by atoms with E-state index in [9.17, 15) is 14.7 Å². The van der Waals surface area contributed by atoms with Gasteiger partial charge in [-0.15, -0.1) is 0 Å². The number of hydrogen-bond acceptors (Lipinski definition) is 4. The van der Waals surface area contributed by atoms with E-state index in [-0.39, 0.29) is 11.8 Å². The van der Waals surface area contributed by atoms with E-state index in [4.69, 9.17) is 4.74 Å². The molecule has 0 saturated heterocycles. The lowest BCUT2D eigenvalue weighted by Gasteiger charge is -2.49. The highest BCUT2D eigenvalue weighted by Crippen LogP contribution is 2.58. The van der Waals surface area contributed by atoms with Gasteiger partial charge in [0.15, 0.2) is 0 Å². The second-order valence-electron chi connectivity index (χ2n) is 6.75. The van der Waals surface area contributed by atoms with Crippen LogP contribution in [0, 0.1) is 11.8 Å². The molecule has 0 N–H and O–H groups in total. The molecule has 0 aliphatic heterocycles. The summed E-state index contributed by atoms with van der Waals surface area (Å²) in [4.78, 5) is 24.8. The fourth-order valence-corrected chi connectivity index (χ4v) is 4.54. The molecule has 5 rings (SSSR count). The fourth-order valence-electron chi connectivity index (χ4n) is 4.54. The Hall–Kier alpha value is -2.62. The van der Waals surface area contributed by atoms with Gasteiger partial charge in [0, 0.05) is 23.7 Å². The van der Waals surface area contributed by atoms with Crippen molar-refractivity contribution in [3.05, 3.63) is 70.8 Å². The van der Waals surface area contributed by atoms with Gasteiger partial charge in [-0.2, -0.15) is 0 Å². The molecular formula is C21H19O4-. The van der Waals surface area contributed by atoms with Crippen molar-refractivity contribution < 1.29 is 19.4 Å². The molecule has 0 heterocycles. The van der Waals surface area contributed by atoms with Crippen LogP contribution >= 0.6 is 0 Å². The number of hydrogen-bond donors (Lipinski definition) is 0. The van der Waals surface area contributed by atoms with Crippen LogP contribution in [-0.4, -0.2) is 18.5 Å². The lowest BCUT2D eigenvalue weighted by molar-refractivity contribution is -0.314. The molecule has 2 bridgehead atoms. The van der Waals surface area contributed by atoms with Crippen molar-refractivity contribution in [2.45, 2.75) is 25.2 Å². The van der Waals surface area contributed by atoms with Crippen molar-refractivity contribution >= 4 is 11.9 Å². The van der Waals surface area contributed by atoms with Gasteiger partial charge in [-0.3, -0.25) is 4.79 Å². The standard InChI is InChI=1S/C21H20O4/c1-2-11-25-21(24)19-17-14-9-5-3-7-12(14)16(18(19)20(22)23)13-8-4-6-10-15(13)17/h3-10,16-19H,2,11H2,1H3,(H,22,23)/p-1/t16?,17?,18-,19-/m0/s1. The molecule has 2 atom stereocenters. The summed E-state index contributed by atoms with van der Waals surface area (Å²) in [5, 5.41) is 12.0. The van der Waals surface area contributed by atoms with Gasteiger partial charge in [0.1, 0.15) is 0 Å². The number of carboxylic acid groups (broad SMARTS) is 1. The number of carboxylic acids is 1. The number of benzene rings is 2. The molecule has 2 aromatic carbocycles. The molecule has 3 aliphatic carbocycles. The van der Waals surface area contributed by atoms with E-state index in [0.29, 0.717) is 13.0 Å². The van der Waals surface area contributed by atoms with Gasteiger partial charge in [-0.1, -0.05) is 55.5 Å². The molecule has 25 heavy (non-hydrogen) atoms. The Morgan fingerprint density at radius 3 is 1.72 bits per heavy atom. The van der Waals surface area contributed by atoms with Gasteiger partial charge < -0.3 is 14.6 Å². The lowest BCUT2D eigenvalue weighted by atomic mass is 9.54. The van der Waals surface area contributed by atoms with E-state index in [1.165, 1.54) is 0 Å². The summed E-state index contributed by atoms with van der Waals surface area (Å²) in [5.41, 5.74) is 4.03. The van der Waals surface area contributed by atoms with Crippen LogP contribution in [0.15, 0.2) is 48.5 Å².